The Morgan fingerprint density at radius 1 is 1.37 bits per heavy atom. The molecule has 2 N–H and O–H groups in total. The van der Waals surface area contributed by atoms with Crippen LogP contribution < -0.4 is 11.3 Å². The van der Waals surface area contributed by atoms with E-state index >= 15 is 0 Å². The summed E-state index contributed by atoms with van der Waals surface area (Å²) in [7, 11) is 0. The van der Waals surface area contributed by atoms with Gasteiger partial charge in [-0.05, 0) is 42.9 Å². The molecule has 0 spiro atoms. The van der Waals surface area contributed by atoms with Crippen LogP contribution in [0.3, 0.4) is 0 Å². The SMILES string of the molecule is CCOC1=CC(=Cc2c(N)n3nc(-c4ccco4)sc3nc2=O)C=CC1=O. The lowest BCUT2D eigenvalue weighted by Gasteiger charge is -2.10. The van der Waals surface area contributed by atoms with Gasteiger partial charge in [-0.2, -0.15) is 9.50 Å². The van der Waals surface area contributed by atoms with Crippen molar-refractivity contribution < 1.29 is 13.9 Å². The number of nitrogens with two attached hydrogens (primary N) is 1. The summed E-state index contributed by atoms with van der Waals surface area (Å²) in [6, 6.07) is 3.51. The van der Waals surface area contributed by atoms with Crippen LogP contribution in [0.2, 0.25) is 0 Å². The molecule has 136 valence electrons. The normalized spacial score (nSPS) is 15.5. The summed E-state index contributed by atoms with van der Waals surface area (Å²) in [6.45, 7) is 2.16. The minimum atomic E-state index is -0.480. The first-order valence-electron chi connectivity index (χ1n) is 8.08. The first kappa shape index (κ1) is 17.0. The number of carbonyl (C=O) groups is 1. The van der Waals surface area contributed by atoms with Gasteiger partial charge in [-0.15, -0.1) is 5.10 Å². The standard InChI is InChI=1S/C18H14N4O4S/c1-2-25-14-9-10(5-6-12(14)23)8-11-15(19)22-18(20-16(11)24)27-17(21-22)13-4-3-7-26-13/h3-9H,2,19H2,1H3. The number of ketones is 1. The summed E-state index contributed by atoms with van der Waals surface area (Å²) in [5, 5.41) is 4.94. The molecule has 3 heterocycles. The van der Waals surface area contributed by atoms with Crippen molar-refractivity contribution in [3.05, 3.63) is 63.9 Å². The Morgan fingerprint density at radius 3 is 2.96 bits per heavy atom. The molecular weight excluding hydrogens is 368 g/mol. The summed E-state index contributed by atoms with van der Waals surface area (Å²) in [6.07, 6.45) is 7.64. The molecule has 1 aliphatic carbocycles. The third-order valence-corrected chi connectivity index (χ3v) is 4.73. The Bertz CT molecular complexity index is 1180. The van der Waals surface area contributed by atoms with Crippen molar-refractivity contribution in [2.45, 2.75) is 6.92 Å². The number of aromatic nitrogens is 3. The van der Waals surface area contributed by atoms with Gasteiger partial charge in [0.05, 0.1) is 18.4 Å². The third-order valence-electron chi connectivity index (χ3n) is 3.80. The highest BCUT2D eigenvalue weighted by molar-refractivity contribution is 7.19. The number of nitrogen functional groups attached to an aromatic ring is 1. The van der Waals surface area contributed by atoms with Gasteiger partial charge >= 0.3 is 0 Å². The molecule has 1 aliphatic rings. The van der Waals surface area contributed by atoms with E-state index in [-0.39, 0.29) is 22.9 Å². The second-order valence-corrected chi connectivity index (χ2v) is 6.53. The van der Waals surface area contributed by atoms with E-state index in [9.17, 15) is 9.59 Å². The van der Waals surface area contributed by atoms with E-state index < -0.39 is 5.56 Å². The van der Waals surface area contributed by atoms with Crippen LogP contribution in [-0.2, 0) is 9.53 Å². The zero-order valence-corrected chi connectivity index (χ0v) is 15.0. The third kappa shape index (κ3) is 3.08. The Balaban J connectivity index is 1.82. The molecule has 3 aromatic rings. The average Bonchev–Trinajstić information content (AvgIpc) is 3.31. The number of nitrogens with zero attached hydrogens (tertiary/aromatic N) is 3. The van der Waals surface area contributed by atoms with Gasteiger partial charge in [-0.3, -0.25) is 9.59 Å². The Kier molecular flexibility index (Phi) is 4.21. The maximum Gasteiger partial charge on any atom is 0.283 e. The van der Waals surface area contributed by atoms with E-state index in [0.29, 0.717) is 27.9 Å². The Labute approximate surface area is 156 Å². The monoisotopic (exact) mass is 382 g/mol. The summed E-state index contributed by atoms with van der Waals surface area (Å²) in [5.41, 5.74) is 6.48. The molecule has 0 amide bonds. The van der Waals surface area contributed by atoms with Crippen LogP contribution in [0.5, 0.6) is 0 Å². The molecule has 0 aliphatic heterocycles. The highest BCUT2D eigenvalue weighted by atomic mass is 32.1. The number of allylic oxidation sites excluding steroid dienone is 4. The van der Waals surface area contributed by atoms with Crippen LogP contribution in [-0.4, -0.2) is 27.0 Å². The van der Waals surface area contributed by atoms with Gasteiger partial charge in [-0.1, -0.05) is 17.4 Å². The molecule has 8 nitrogen and oxygen atoms in total. The lowest BCUT2D eigenvalue weighted by atomic mass is 10.0. The van der Waals surface area contributed by atoms with E-state index in [2.05, 4.69) is 10.1 Å². The van der Waals surface area contributed by atoms with Crippen LogP contribution in [0.25, 0.3) is 21.8 Å². The molecule has 0 aromatic carbocycles. The molecule has 0 fully saturated rings. The average molecular weight is 382 g/mol. The molecule has 0 atom stereocenters. The van der Waals surface area contributed by atoms with Crippen molar-refractivity contribution in [3.8, 4) is 10.8 Å². The van der Waals surface area contributed by atoms with Crippen LogP contribution in [0.1, 0.15) is 12.5 Å². The Morgan fingerprint density at radius 2 is 2.22 bits per heavy atom. The molecule has 0 saturated carbocycles. The molecule has 0 bridgehead atoms. The predicted octanol–water partition coefficient (Wildman–Crippen LogP) is 2.44. The van der Waals surface area contributed by atoms with Crippen molar-refractivity contribution in [2.24, 2.45) is 0 Å². The van der Waals surface area contributed by atoms with Crippen LogP contribution in [0.4, 0.5) is 5.82 Å². The number of furan rings is 1. The van der Waals surface area contributed by atoms with Gasteiger partial charge in [0.25, 0.3) is 5.56 Å². The van der Waals surface area contributed by atoms with E-state index in [1.165, 1.54) is 28.2 Å². The second-order valence-electron chi connectivity index (χ2n) is 5.58. The van der Waals surface area contributed by atoms with E-state index in [1.807, 2.05) is 0 Å². The summed E-state index contributed by atoms with van der Waals surface area (Å²) in [5.74, 6) is 0.709. The number of ether oxygens (including phenoxy) is 1. The fourth-order valence-corrected chi connectivity index (χ4v) is 3.43. The van der Waals surface area contributed by atoms with Gasteiger partial charge in [0, 0.05) is 0 Å². The van der Waals surface area contributed by atoms with Gasteiger partial charge in [0.15, 0.2) is 16.5 Å². The van der Waals surface area contributed by atoms with E-state index in [1.54, 1.807) is 37.3 Å². The lowest BCUT2D eigenvalue weighted by molar-refractivity contribution is -0.114. The van der Waals surface area contributed by atoms with Crippen molar-refractivity contribution in [2.75, 3.05) is 12.3 Å². The number of rotatable bonds is 4. The van der Waals surface area contributed by atoms with Crippen LogP contribution in [0.15, 0.2) is 57.2 Å². The zero-order chi connectivity index (χ0) is 19.0. The van der Waals surface area contributed by atoms with Gasteiger partial charge < -0.3 is 14.9 Å². The fourth-order valence-electron chi connectivity index (χ4n) is 2.57. The van der Waals surface area contributed by atoms with Gasteiger partial charge in [0.1, 0.15) is 5.82 Å². The number of anilines is 1. The second kappa shape index (κ2) is 6.69. The number of carbonyl (C=O) groups excluding carboxylic acids is 1. The molecule has 0 saturated heterocycles. The topological polar surface area (TPSA) is 113 Å². The predicted molar refractivity (Wildman–Crippen MR) is 101 cm³/mol. The van der Waals surface area contributed by atoms with Crippen LogP contribution in [0, 0.1) is 0 Å². The highest BCUT2D eigenvalue weighted by Gasteiger charge is 2.17. The molecule has 27 heavy (non-hydrogen) atoms. The zero-order valence-electron chi connectivity index (χ0n) is 14.2. The minimum Gasteiger partial charge on any atom is -0.490 e. The van der Waals surface area contributed by atoms with E-state index in [4.69, 9.17) is 14.9 Å². The first-order valence-corrected chi connectivity index (χ1v) is 8.90. The maximum absolute atomic E-state index is 12.5. The van der Waals surface area contributed by atoms with Crippen LogP contribution >= 0.6 is 11.3 Å². The largest absolute Gasteiger partial charge is 0.490 e. The number of hydrogen-bond acceptors (Lipinski definition) is 8. The van der Waals surface area contributed by atoms with Crippen molar-refractivity contribution in [1.29, 1.82) is 0 Å². The molecule has 3 aromatic heterocycles. The molecule has 0 unspecified atom stereocenters. The molecular formula is C18H14N4O4S. The fraction of sp³-hybridized carbons (Fsp3) is 0.111. The van der Waals surface area contributed by atoms with E-state index in [0.717, 1.165) is 0 Å². The lowest BCUT2D eigenvalue weighted by Crippen LogP contribution is -2.17. The van der Waals surface area contributed by atoms with Gasteiger partial charge in [-0.25, -0.2) is 0 Å². The molecule has 9 heteroatoms. The van der Waals surface area contributed by atoms with Crippen molar-refractivity contribution >= 4 is 34.0 Å². The maximum atomic E-state index is 12.5. The summed E-state index contributed by atoms with van der Waals surface area (Å²) in [4.78, 5) is 28.7. The summed E-state index contributed by atoms with van der Waals surface area (Å²) < 4.78 is 12.0. The Hall–Kier alpha value is -3.46. The number of hydrogen-bond donors (Lipinski definition) is 1. The smallest absolute Gasteiger partial charge is 0.283 e. The molecule has 4 rings (SSSR count). The molecule has 0 radical (unpaired) electrons. The summed E-state index contributed by atoms with van der Waals surface area (Å²) >= 11 is 1.20. The van der Waals surface area contributed by atoms with Gasteiger partial charge in [0.2, 0.25) is 10.7 Å². The highest BCUT2D eigenvalue weighted by Crippen LogP contribution is 2.27. The minimum absolute atomic E-state index is 0.156. The first-order chi connectivity index (χ1) is 13.1. The number of fused-ring (bicyclic) bond motifs is 1. The van der Waals surface area contributed by atoms with Crippen molar-refractivity contribution in [3.63, 3.8) is 0 Å². The van der Waals surface area contributed by atoms with Crippen molar-refractivity contribution in [1.82, 2.24) is 14.6 Å². The quantitative estimate of drug-likeness (QED) is 0.737.